The van der Waals surface area contributed by atoms with E-state index in [1.54, 1.807) is 12.4 Å². The topological polar surface area (TPSA) is 104 Å². The summed E-state index contributed by atoms with van der Waals surface area (Å²) in [5, 5.41) is 14.2. The van der Waals surface area contributed by atoms with Crippen LogP contribution in [0.15, 0.2) is 36.7 Å². The van der Waals surface area contributed by atoms with Gasteiger partial charge in [0.1, 0.15) is 0 Å². The van der Waals surface area contributed by atoms with Crippen molar-refractivity contribution in [1.29, 1.82) is 0 Å². The Labute approximate surface area is 141 Å². The first-order valence-corrected chi connectivity index (χ1v) is 7.92. The lowest BCUT2D eigenvalue weighted by Gasteiger charge is -2.05. The van der Waals surface area contributed by atoms with Gasteiger partial charge in [0.25, 0.3) is 0 Å². The Morgan fingerprint density at radius 1 is 1.21 bits per heavy atom. The van der Waals surface area contributed by atoms with Crippen LogP contribution in [-0.4, -0.2) is 27.1 Å². The van der Waals surface area contributed by atoms with Crippen LogP contribution in [0.25, 0.3) is 21.3 Å². The van der Waals surface area contributed by atoms with Gasteiger partial charge >= 0.3 is 6.09 Å². The SMILES string of the molecule is CC(=O)Nc1nc2ccc(-c3cncc(CNC(=O)O)c3)cc2s1. The molecule has 0 saturated heterocycles. The normalized spacial score (nSPS) is 10.5. The molecule has 2 amide bonds. The molecule has 2 aromatic heterocycles. The number of fused-ring (bicyclic) bond motifs is 1. The van der Waals surface area contributed by atoms with Crippen LogP contribution in [0.4, 0.5) is 9.93 Å². The molecular formula is C16H14N4O3S. The maximum absolute atomic E-state index is 11.1. The second kappa shape index (κ2) is 6.63. The third-order valence-electron chi connectivity index (χ3n) is 3.24. The summed E-state index contributed by atoms with van der Waals surface area (Å²) >= 11 is 1.40. The molecule has 0 spiro atoms. The fraction of sp³-hybridized carbons (Fsp3) is 0.125. The lowest BCUT2D eigenvalue weighted by molar-refractivity contribution is -0.114. The monoisotopic (exact) mass is 342 g/mol. The number of carbonyl (C=O) groups excluding carboxylic acids is 1. The highest BCUT2D eigenvalue weighted by Crippen LogP contribution is 2.30. The first-order valence-electron chi connectivity index (χ1n) is 7.10. The van der Waals surface area contributed by atoms with Crippen LogP contribution < -0.4 is 10.6 Å². The average Bonchev–Trinajstić information content (AvgIpc) is 2.93. The number of rotatable bonds is 4. The summed E-state index contributed by atoms with van der Waals surface area (Å²) in [5.74, 6) is -0.155. The number of nitrogens with one attached hydrogen (secondary N) is 2. The van der Waals surface area contributed by atoms with Crippen molar-refractivity contribution < 1.29 is 14.7 Å². The maximum Gasteiger partial charge on any atom is 0.404 e. The lowest BCUT2D eigenvalue weighted by atomic mass is 10.1. The summed E-state index contributed by atoms with van der Waals surface area (Å²) in [5.41, 5.74) is 3.42. The third-order valence-corrected chi connectivity index (χ3v) is 4.18. The zero-order chi connectivity index (χ0) is 17.1. The maximum atomic E-state index is 11.1. The number of pyridine rings is 1. The number of amides is 2. The molecule has 0 radical (unpaired) electrons. The van der Waals surface area contributed by atoms with Gasteiger partial charge in [-0.15, -0.1) is 0 Å². The minimum atomic E-state index is -1.07. The molecular weight excluding hydrogens is 328 g/mol. The van der Waals surface area contributed by atoms with Crippen molar-refractivity contribution in [1.82, 2.24) is 15.3 Å². The van der Waals surface area contributed by atoms with Gasteiger partial charge in [0.05, 0.1) is 10.2 Å². The summed E-state index contributed by atoms with van der Waals surface area (Å²) in [6.45, 7) is 1.64. The standard InChI is InChI=1S/C16H14N4O3S/c1-9(21)19-15-20-13-3-2-11(5-14(13)24-15)12-4-10(6-17-8-12)7-18-16(22)23/h2-6,8,18H,7H2,1H3,(H,22,23)(H,19,20,21). The largest absolute Gasteiger partial charge is 0.465 e. The highest BCUT2D eigenvalue weighted by Gasteiger charge is 2.08. The highest BCUT2D eigenvalue weighted by atomic mass is 32.1. The Bertz CT molecular complexity index is 923. The number of anilines is 1. The molecule has 0 aliphatic rings. The number of hydrogen-bond donors (Lipinski definition) is 3. The van der Waals surface area contributed by atoms with Crippen molar-refractivity contribution in [2.75, 3.05) is 5.32 Å². The third kappa shape index (κ3) is 3.66. The second-order valence-corrected chi connectivity index (χ2v) is 6.15. The van der Waals surface area contributed by atoms with Crippen LogP contribution >= 0.6 is 11.3 Å². The van der Waals surface area contributed by atoms with E-state index in [2.05, 4.69) is 20.6 Å². The van der Waals surface area contributed by atoms with Crippen LogP contribution in [0.2, 0.25) is 0 Å². The van der Waals surface area contributed by atoms with Gasteiger partial charge in [-0.25, -0.2) is 9.78 Å². The molecule has 0 bridgehead atoms. The van der Waals surface area contributed by atoms with E-state index < -0.39 is 6.09 Å². The van der Waals surface area contributed by atoms with Crippen molar-refractivity contribution in [2.24, 2.45) is 0 Å². The number of hydrogen-bond acceptors (Lipinski definition) is 5. The predicted molar refractivity (Wildman–Crippen MR) is 92.0 cm³/mol. The highest BCUT2D eigenvalue weighted by molar-refractivity contribution is 7.22. The van der Waals surface area contributed by atoms with Gasteiger partial charge in [-0.2, -0.15) is 0 Å². The Kier molecular flexibility index (Phi) is 4.39. The van der Waals surface area contributed by atoms with Crippen molar-refractivity contribution in [3.05, 3.63) is 42.2 Å². The Hall–Kier alpha value is -3.00. The van der Waals surface area contributed by atoms with Crippen molar-refractivity contribution in [2.45, 2.75) is 13.5 Å². The van der Waals surface area contributed by atoms with E-state index in [1.807, 2.05) is 24.3 Å². The summed E-state index contributed by atoms with van der Waals surface area (Å²) in [7, 11) is 0. The van der Waals surface area contributed by atoms with Crippen LogP contribution in [0.3, 0.4) is 0 Å². The zero-order valence-corrected chi connectivity index (χ0v) is 13.6. The molecule has 2 heterocycles. The molecule has 0 saturated carbocycles. The Morgan fingerprint density at radius 2 is 2.04 bits per heavy atom. The summed E-state index contributed by atoms with van der Waals surface area (Å²) in [6, 6.07) is 7.67. The molecule has 122 valence electrons. The van der Waals surface area contributed by atoms with E-state index in [0.29, 0.717) is 5.13 Å². The fourth-order valence-corrected chi connectivity index (χ4v) is 3.18. The molecule has 0 fully saturated rings. The number of nitrogens with zero attached hydrogens (tertiary/aromatic N) is 2. The summed E-state index contributed by atoms with van der Waals surface area (Å²) in [6.07, 6.45) is 2.28. The number of benzene rings is 1. The molecule has 7 nitrogen and oxygen atoms in total. The van der Waals surface area contributed by atoms with E-state index >= 15 is 0 Å². The number of carbonyl (C=O) groups is 2. The van der Waals surface area contributed by atoms with Crippen LogP contribution in [0, 0.1) is 0 Å². The Balaban J connectivity index is 1.90. The van der Waals surface area contributed by atoms with E-state index in [1.165, 1.54) is 18.3 Å². The number of carboxylic acid groups (broad SMARTS) is 1. The number of thiazole rings is 1. The fourth-order valence-electron chi connectivity index (χ4n) is 2.23. The molecule has 3 rings (SSSR count). The van der Waals surface area contributed by atoms with E-state index in [4.69, 9.17) is 5.11 Å². The summed E-state index contributed by atoms with van der Waals surface area (Å²) in [4.78, 5) is 30.2. The molecule has 8 heteroatoms. The average molecular weight is 342 g/mol. The number of aromatic nitrogens is 2. The first-order chi connectivity index (χ1) is 11.5. The zero-order valence-electron chi connectivity index (χ0n) is 12.7. The first kappa shape index (κ1) is 15.9. The van der Waals surface area contributed by atoms with Gasteiger partial charge in [0.2, 0.25) is 5.91 Å². The molecule has 1 aromatic carbocycles. The molecule has 3 aromatic rings. The predicted octanol–water partition coefficient (Wildman–Crippen LogP) is 3.08. The second-order valence-electron chi connectivity index (χ2n) is 5.12. The molecule has 0 aliphatic heterocycles. The van der Waals surface area contributed by atoms with Gasteiger partial charge in [0, 0.05) is 31.4 Å². The van der Waals surface area contributed by atoms with Crippen LogP contribution in [-0.2, 0) is 11.3 Å². The molecule has 24 heavy (non-hydrogen) atoms. The van der Waals surface area contributed by atoms with Crippen molar-refractivity contribution >= 4 is 38.7 Å². The van der Waals surface area contributed by atoms with E-state index in [-0.39, 0.29) is 12.5 Å². The van der Waals surface area contributed by atoms with Gasteiger partial charge in [0.15, 0.2) is 5.13 Å². The Morgan fingerprint density at radius 3 is 2.79 bits per heavy atom. The van der Waals surface area contributed by atoms with Crippen molar-refractivity contribution in [3.63, 3.8) is 0 Å². The lowest BCUT2D eigenvalue weighted by Crippen LogP contribution is -2.19. The van der Waals surface area contributed by atoms with E-state index in [0.717, 1.165) is 26.9 Å². The quantitative estimate of drug-likeness (QED) is 0.676. The summed E-state index contributed by atoms with van der Waals surface area (Å²) < 4.78 is 0.949. The minimum Gasteiger partial charge on any atom is -0.465 e. The van der Waals surface area contributed by atoms with Gasteiger partial charge in [-0.1, -0.05) is 17.4 Å². The smallest absolute Gasteiger partial charge is 0.404 e. The molecule has 0 atom stereocenters. The van der Waals surface area contributed by atoms with Gasteiger partial charge in [-0.05, 0) is 29.3 Å². The minimum absolute atomic E-state index is 0.155. The van der Waals surface area contributed by atoms with E-state index in [9.17, 15) is 9.59 Å². The molecule has 0 unspecified atom stereocenters. The van der Waals surface area contributed by atoms with Crippen LogP contribution in [0.1, 0.15) is 12.5 Å². The molecule has 3 N–H and O–H groups in total. The molecule has 0 aliphatic carbocycles. The van der Waals surface area contributed by atoms with Crippen molar-refractivity contribution in [3.8, 4) is 11.1 Å². The van der Waals surface area contributed by atoms with Crippen LogP contribution in [0.5, 0.6) is 0 Å². The van der Waals surface area contributed by atoms with Gasteiger partial charge < -0.3 is 15.7 Å². The van der Waals surface area contributed by atoms with Gasteiger partial charge in [-0.3, -0.25) is 9.78 Å².